The zero-order chi connectivity index (χ0) is 31.0. The Morgan fingerprint density at radius 2 is 1.76 bits per heavy atom. The predicted molar refractivity (Wildman–Crippen MR) is 181 cm³/mol. The lowest BCUT2D eigenvalue weighted by atomic mass is 9.98. The van der Waals surface area contributed by atoms with Gasteiger partial charge < -0.3 is 24.6 Å². The number of nitrogens with one attached hydrogen (secondary N) is 1. The summed E-state index contributed by atoms with van der Waals surface area (Å²) in [5.74, 6) is 1.37. The van der Waals surface area contributed by atoms with Crippen LogP contribution in [0.5, 0.6) is 5.75 Å². The van der Waals surface area contributed by atoms with E-state index < -0.39 is 0 Å². The number of hydrogen-bond acceptors (Lipinski definition) is 8. The van der Waals surface area contributed by atoms with Gasteiger partial charge in [-0.05, 0) is 72.9 Å². The first-order chi connectivity index (χ1) is 22.1. The van der Waals surface area contributed by atoms with Gasteiger partial charge in [-0.3, -0.25) is 4.79 Å². The van der Waals surface area contributed by atoms with Gasteiger partial charge in [0.1, 0.15) is 5.75 Å². The average Bonchev–Trinajstić information content (AvgIpc) is 3.10. The van der Waals surface area contributed by atoms with Gasteiger partial charge in [0.25, 0.3) is 0 Å². The smallest absolute Gasteiger partial charge is 0.227 e. The highest BCUT2D eigenvalue weighted by Crippen LogP contribution is 2.34. The molecule has 6 rings (SSSR count). The SMILES string of the molecule is C=CC(=O)Cc1cccc(-c2nc(Nc3ccc(OC)c(N4CCCCC4)c3)ncc2Cc2ccc(N3CCOCC3)cc2)c1. The van der Waals surface area contributed by atoms with E-state index in [-0.39, 0.29) is 5.78 Å². The molecule has 0 saturated carbocycles. The molecule has 2 fully saturated rings. The highest BCUT2D eigenvalue weighted by atomic mass is 16.5. The van der Waals surface area contributed by atoms with Gasteiger partial charge in [0, 0.05) is 67.7 Å². The molecule has 0 atom stereocenters. The molecule has 3 heterocycles. The van der Waals surface area contributed by atoms with Crippen LogP contribution < -0.4 is 19.9 Å². The third-order valence-corrected chi connectivity index (χ3v) is 8.51. The molecule has 2 aliphatic heterocycles. The molecule has 4 aromatic rings. The number of ether oxygens (including phenoxy) is 2. The van der Waals surface area contributed by atoms with Crippen molar-refractivity contribution >= 4 is 28.8 Å². The van der Waals surface area contributed by atoms with Crippen molar-refractivity contribution < 1.29 is 14.3 Å². The number of aromatic nitrogens is 2. The summed E-state index contributed by atoms with van der Waals surface area (Å²) in [6.07, 6.45) is 7.90. The van der Waals surface area contributed by atoms with Crippen molar-refractivity contribution in [2.75, 3.05) is 61.6 Å². The molecule has 8 heteroatoms. The first kappa shape index (κ1) is 30.3. The van der Waals surface area contributed by atoms with E-state index >= 15 is 0 Å². The van der Waals surface area contributed by atoms with E-state index in [4.69, 9.17) is 19.4 Å². The summed E-state index contributed by atoms with van der Waals surface area (Å²) in [6, 6.07) is 22.9. The first-order valence-corrected chi connectivity index (χ1v) is 15.8. The number of allylic oxidation sites excluding steroid dienone is 1. The second kappa shape index (κ2) is 14.4. The number of nitrogens with zero attached hydrogens (tertiary/aromatic N) is 4. The van der Waals surface area contributed by atoms with Crippen molar-refractivity contribution in [2.45, 2.75) is 32.1 Å². The van der Waals surface area contributed by atoms with Gasteiger partial charge in [-0.25, -0.2) is 9.97 Å². The first-order valence-electron chi connectivity index (χ1n) is 15.8. The summed E-state index contributed by atoms with van der Waals surface area (Å²) in [7, 11) is 1.72. The second-order valence-corrected chi connectivity index (χ2v) is 11.6. The Morgan fingerprint density at radius 3 is 2.51 bits per heavy atom. The Balaban J connectivity index is 1.30. The van der Waals surface area contributed by atoms with Gasteiger partial charge in [0.05, 0.1) is 31.7 Å². The molecule has 2 aliphatic rings. The lowest BCUT2D eigenvalue weighted by Crippen LogP contribution is -2.36. The number of carbonyl (C=O) groups is 1. The van der Waals surface area contributed by atoms with Gasteiger partial charge in [0.2, 0.25) is 5.95 Å². The number of piperidine rings is 1. The minimum atomic E-state index is -0.0122. The summed E-state index contributed by atoms with van der Waals surface area (Å²) in [4.78, 5) is 26.7. The van der Waals surface area contributed by atoms with Gasteiger partial charge >= 0.3 is 0 Å². The van der Waals surface area contributed by atoms with Crippen LogP contribution in [-0.2, 0) is 22.4 Å². The molecule has 0 unspecified atom stereocenters. The van der Waals surface area contributed by atoms with Crippen LogP contribution >= 0.6 is 0 Å². The lowest BCUT2D eigenvalue weighted by molar-refractivity contribution is -0.114. The minimum absolute atomic E-state index is 0.0122. The third-order valence-electron chi connectivity index (χ3n) is 8.51. The maximum Gasteiger partial charge on any atom is 0.227 e. The molecular formula is C37H41N5O3. The molecule has 0 radical (unpaired) electrons. The molecule has 0 aliphatic carbocycles. The van der Waals surface area contributed by atoms with Gasteiger partial charge in [-0.2, -0.15) is 0 Å². The number of benzene rings is 3. The molecule has 0 spiro atoms. The Bertz CT molecular complexity index is 1630. The number of hydrogen-bond donors (Lipinski definition) is 1. The van der Waals surface area contributed by atoms with Crippen LogP contribution in [0.4, 0.5) is 23.0 Å². The molecule has 2 saturated heterocycles. The molecule has 232 valence electrons. The predicted octanol–water partition coefficient (Wildman–Crippen LogP) is 6.61. The van der Waals surface area contributed by atoms with E-state index in [2.05, 4.69) is 52.0 Å². The monoisotopic (exact) mass is 603 g/mol. The van der Waals surface area contributed by atoms with Crippen LogP contribution in [0.3, 0.4) is 0 Å². The van der Waals surface area contributed by atoms with Crippen LogP contribution in [-0.4, -0.2) is 62.3 Å². The van der Waals surface area contributed by atoms with E-state index in [0.29, 0.717) is 18.8 Å². The van der Waals surface area contributed by atoms with Crippen LogP contribution in [0.1, 0.15) is 36.0 Å². The highest BCUT2D eigenvalue weighted by molar-refractivity contribution is 5.91. The number of anilines is 4. The summed E-state index contributed by atoms with van der Waals surface area (Å²) in [5, 5.41) is 3.45. The highest BCUT2D eigenvalue weighted by Gasteiger charge is 2.18. The van der Waals surface area contributed by atoms with E-state index in [9.17, 15) is 4.79 Å². The molecule has 0 bridgehead atoms. The summed E-state index contributed by atoms with van der Waals surface area (Å²) < 4.78 is 11.2. The molecule has 1 N–H and O–H groups in total. The summed E-state index contributed by atoms with van der Waals surface area (Å²) in [5.41, 5.74) is 8.08. The molecule has 3 aromatic carbocycles. The fourth-order valence-electron chi connectivity index (χ4n) is 6.09. The van der Waals surface area contributed by atoms with Crippen molar-refractivity contribution in [1.82, 2.24) is 9.97 Å². The zero-order valence-corrected chi connectivity index (χ0v) is 26.0. The normalized spacial score (nSPS) is 15.0. The van der Waals surface area contributed by atoms with Crippen molar-refractivity contribution in [3.63, 3.8) is 0 Å². The Hall–Kier alpha value is -4.69. The molecule has 0 amide bonds. The second-order valence-electron chi connectivity index (χ2n) is 11.6. The Kier molecular flexibility index (Phi) is 9.71. The van der Waals surface area contributed by atoms with Crippen LogP contribution in [0.15, 0.2) is 85.6 Å². The van der Waals surface area contributed by atoms with E-state index in [1.807, 2.05) is 42.6 Å². The maximum atomic E-state index is 12.1. The van der Waals surface area contributed by atoms with E-state index in [1.54, 1.807) is 7.11 Å². The Morgan fingerprint density at radius 1 is 0.956 bits per heavy atom. The number of morpholine rings is 1. The minimum Gasteiger partial charge on any atom is -0.495 e. The summed E-state index contributed by atoms with van der Waals surface area (Å²) >= 11 is 0. The molecule has 1 aromatic heterocycles. The number of ketones is 1. The number of rotatable bonds is 11. The van der Waals surface area contributed by atoms with Gasteiger partial charge in [-0.1, -0.05) is 36.9 Å². The standard InChI is InChI=1S/C37H41N5O3/c1-3-33(43)24-28-8-7-9-29(23-28)36-30(22-27-10-13-32(14-11-27)41-18-20-45-21-19-41)26-38-37(40-36)39-31-12-15-35(44-2)34(25-31)42-16-5-4-6-17-42/h3,7-15,23,25-26H,1,4-6,16-22,24H2,2H3,(H,38,39,40). The lowest BCUT2D eigenvalue weighted by Gasteiger charge is -2.30. The van der Waals surface area contributed by atoms with Crippen LogP contribution in [0.2, 0.25) is 0 Å². The van der Waals surface area contributed by atoms with Crippen LogP contribution in [0, 0.1) is 0 Å². The van der Waals surface area contributed by atoms with Gasteiger partial charge in [0.15, 0.2) is 5.78 Å². The fourth-order valence-corrected chi connectivity index (χ4v) is 6.09. The summed E-state index contributed by atoms with van der Waals surface area (Å²) in [6.45, 7) is 9.01. The number of methoxy groups -OCH3 is 1. The van der Waals surface area contributed by atoms with Crippen molar-refractivity contribution in [1.29, 1.82) is 0 Å². The van der Waals surface area contributed by atoms with Crippen molar-refractivity contribution in [3.8, 4) is 17.0 Å². The number of carbonyl (C=O) groups excluding carboxylic acids is 1. The topological polar surface area (TPSA) is 79.8 Å². The van der Waals surface area contributed by atoms with Crippen molar-refractivity contribution in [2.24, 2.45) is 0 Å². The van der Waals surface area contributed by atoms with E-state index in [1.165, 1.54) is 36.6 Å². The third kappa shape index (κ3) is 7.52. The Labute approximate surface area is 265 Å². The van der Waals surface area contributed by atoms with Crippen LogP contribution in [0.25, 0.3) is 11.3 Å². The molecular weight excluding hydrogens is 562 g/mol. The van der Waals surface area contributed by atoms with Crippen molar-refractivity contribution in [3.05, 3.63) is 102 Å². The average molecular weight is 604 g/mol. The largest absolute Gasteiger partial charge is 0.495 e. The fraction of sp³-hybridized carbons (Fsp3) is 0.324. The molecule has 45 heavy (non-hydrogen) atoms. The quantitative estimate of drug-likeness (QED) is 0.192. The zero-order valence-electron chi connectivity index (χ0n) is 26.0. The van der Waals surface area contributed by atoms with E-state index in [0.717, 1.165) is 78.9 Å². The maximum absolute atomic E-state index is 12.1. The molecule has 8 nitrogen and oxygen atoms in total. The van der Waals surface area contributed by atoms with Gasteiger partial charge in [-0.15, -0.1) is 0 Å².